The largest absolute Gasteiger partial charge is 0.299 e. The molecule has 0 N–H and O–H groups in total. The van der Waals surface area contributed by atoms with E-state index in [1.54, 1.807) is 6.92 Å². The summed E-state index contributed by atoms with van der Waals surface area (Å²) in [5, 5.41) is 0. The van der Waals surface area contributed by atoms with Gasteiger partial charge in [-0.1, -0.05) is 13.8 Å². The smallest absolute Gasteiger partial charge is 0.143 e. The summed E-state index contributed by atoms with van der Waals surface area (Å²) in [6, 6.07) is 0.656. The fraction of sp³-hybridized carbons (Fsp3) is 0.900. The van der Waals surface area contributed by atoms with E-state index in [9.17, 15) is 4.79 Å². The normalized spacial score (nSPS) is 30.9. The molecule has 0 amide bonds. The zero-order chi connectivity index (χ0) is 9.14. The number of likely N-dealkylation sites (tertiary alicyclic amines) is 1. The van der Waals surface area contributed by atoms with E-state index in [4.69, 9.17) is 0 Å². The number of ketones is 1. The average molecular weight is 169 g/mol. The molecular formula is C10H19NO. The number of hydrogen-bond acceptors (Lipinski definition) is 2. The van der Waals surface area contributed by atoms with Crippen molar-refractivity contribution >= 4 is 5.78 Å². The second kappa shape index (κ2) is 4.04. The lowest BCUT2D eigenvalue weighted by molar-refractivity contribution is -0.118. The molecule has 0 aromatic carbocycles. The van der Waals surface area contributed by atoms with Gasteiger partial charge in [0.25, 0.3) is 0 Å². The monoisotopic (exact) mass is 169 g/mol. The number of hydrogen-bond donors (Lipinski definition) is 0. The zero-order valence-electron chi connectivity index (χ0n) is 8.34. The first-order valence-corrected chi connectivity index (χ1v) is 4.87. The van der Waals surface area contributed by atoms with Crippen molar-refractivity contribution in [2.45, 2.75) is 39.7 Å². The Morgan fingerprint density at radius 1 is 1.58 bits per heavy atom. The van der Waals surface area contributed by atoms with Crippen LogP contribution in [0.2, 0.25) is 0 Å². The topological polar surface area (TPSA) is 20.3 Å². The predicted octanol–water partition coefficient (Wildman–Crippen LogP) is 1.70. The third kappa shape index (κ3) is 2.31. The Kier molecular flexibility index (Phi) is 3.27. The molecule has 0 spiro atoms. The van der Waals surface area contributed by atoms with Crippen LogP contribution in [0.4, 0.5) is 0 Å². The molecule has 2 heteroatoms. The predicted molar refractivity (Wildman–Crippen MR) is 50.1 cm³/mol. The van der Waals surface area contributed by atoms with Crippen molar-refractivity contribution in [1.82, 2.24) is 4.90 Å². The van der Waals surface area contributed by atoms with E-state index in [0.717, 1.165) is 12.5 Å². The van der Waals surface area contributed by atoms with Gasteiger partial charge in [0.1, 0.15) is 5.78 Å². The molecule has 2 atom stereocenters. The fourth-order valence-corrected chi connectivity index (χ4v) is 2.14. The van der Waals surface area contributed by atoms with Crippen LogP contribution in [0.25, 0.3) is 0 Å². The summed E-state index contributed by atoms with van der Waals surface area (Å²) in [5.74, 6) is 1.07. The molecule has 1 aliphatic heterocycles. The van der Waals surface area contributed by atoms with E-state index in [1.165, 1.54) is 12.8 Å². The molecule has 1 rings (SSSR count). The summed E-state index contributed by atoms with van der Waals surface area (Å²) in [7, 11) is 0. The highest BCUT2D eigenvalue weighted by Gasteiger charge is 2.28. The van der Waals surface area contributed by atoms with Crippen LogP contribution < -0.4 is 0 Å². The highest BCUT2D eigenvalue weighted by Crippen LogP contribution is 2.24. The standard InChI is InChI=1S/C10H19NO/c1-4-10-5-8(2)6-11(10)7-9(3)12/h8,10H,4-7H2,1-3H3. The first kappa shape index (κ1) is 9.72. The van der Waals surface area contributed by atoms with E-state index < -0.39 is 0 Å². The molecular weight excluding hydrogens is 150 g/mol. The Bertz CT molecular complexity index is 167. The van der Waals surface area contributed by atoms with E-state index >= 15 is 0 Å². The first-order valence-electron chi connectivity index (χ1n) is 4.87. The summed E-state index contributed by atoms with van der Waals surface area (Å²) >= 11 is 0. The van der Waals surface area contributed by atoms with Crippen LogP contribution in [-0.4, -0.2) is 29.8 Å². The van der Waals surface area contributed by atoms with Crippen LogP contribution in [-0.2, 0) is 4.79 Å². The van der Waals surface area contributed by atoms with E-state index in [1.807, 2.05) is 0 Å². The molecule has 70 valence electrons. The van der Waals surface area contributed by atoms with Gasteiger partial charge in [-0.25, -0.2) is 0 Å². The summed E-state index contributed by atoms with van der Waals surface area (Å²) in [6.07, 6.45) is 2.45. The molecule has 1 fully saturated rings. The Hall–Kier alpha value is -0.370. The number of nitrogens with zero attached hydrogens (tertiary/aromatic N) is 1. The molecule has 0 bridgehead atoms. The number of Topliss-reactive ketones (excluding diaryl/α,β-unsaturated/α-hetero) is 1. The molecule has 2 unspecified atom stereocenters. The lowest BCUT2D eigenvalue weighted by atomic mass is 10.1. The third-order valence-corrected chi connectivity index (χ3v) is 2.63. The molecule has 0 aromatic rings. The van der Waals surface area contributed by atoms with E-state index in [0.29, 0.717) is 18.4 Å². The Morgan fingerprint density at radius 2 is 2.25 bits per heavy atom. The van der Waals surface area contributed by atoms with Gasteiger partial charge in [0, 0.05) is 12.6 Å². The molecule has 0 radical (unpaired) electrons. The quantitative estimate of drug-likeness (QED) is 0.641. The maximum absolute atomic E-state index is 10.9. The van der Waals surface area contributed by atoms with Gasteiger partial charge in [-0.3, -0.25) is 9.69 Å². The molecule has 0 saturated carbocycles. The lowest BCUT2D eigenvalue weighted by Gasteiger charge is -2.21. The minimum Gasteiger partial charge on any atom is -0.299 e. The Morgan fingerprint density at radius 3 is 2.75 bits per heavy atom. The van der Waals surface area contributed by atoms with Crippen LogP contribution in [0.5, 0.6) is 0 Å². The molecule has 1 aliphatic rings. The number of carbonyl (C=O) groups excluding carboxylic acids is 1. The molecule has 12 heavy (non-hydrogen) atoms. The van der Waals surface area contributed by atoms with Gasteiger partial charge in [0.15, 0.2) is 0 Å². The highest BCUT2D eigenvalue weighted by atomic mass is 16.1. The van der Waals surface area contributed by atoms with Gasteiger partial charge < -0.3 is 0 Å². The van der Waals surface area contributed by atoms with Gasteiger partial charge in [-0.05, 0) is 25.7 Å². The van der Waals surface area contributed by atoms with Crippen LogP contribution in [0.1, 0.15) is 33.6 Å². The van der Waals surface area contributed by atoms with E-state index in [-0.39, 0.29) is 0 Å². The van der Waals surface area contributed by atoms with Crippen LogP contribution in [0.15, 0.2) is 0 Å². The maximum Gasteiger partial charge on any atom is 0.143 e. The second-order valence-corrected chi connectivity index (χ2v) is 4.03. The minimum absolute atomic E-state index is 0.294. The van der Waals surface area contributed by atoms with Crippen LogP contribution in [0, 0.1) is 5.92 Å². The highest BCUT2D eigenvalue weighted by molar-refractivity contribution is 5.77. The summed E-state index contributed by atoms with van der Waals surface area (Å²) < 4.78 is 0. The van der Waals surface area contributed by atoms with Gasteiger partial charge in [0.2, 0.25) is 0 Å². The van der Waals surface area contributed by atoms with Crippen molar-refractivity contribution in [3.8, 4) is 0 Å². The van der Waals surface area contributed by atoms with Crippen molar-refractivity contribution in [2.75, 3.05) is 13.1 Å². The van der Waals surface area contributed by atoms with Gasteiger partial charge >= 0.3 is 0 Å². The number of carbonyl (C=O) groups is 1. The van der Waals surface area contributed by atoms with Crippen molar-refractivity contribution < 1.29 is 4.79 Å². The lowest BCUT2D eigenvalue weighted by Crippen LogP contribution is -2.33. The van der Waals surface area contributed by atoms with Crippen molar-refractivity contribution in [1.29, 1.82) is 0 Å². The van der Waals surface area contributed by atoms with Crippen LogP contribution >= 0.6 is 0 Å². The van der Waals surface area contributed by atoms with Gasteiger partial charge in [0.05, 0.1) is 6.54 Å². The fourth-order valence-electron chi connectivity index (χ4n) is 2.14. The van der Waals surface area contributed by atoms with E-state index in [2.05, 4.69) is 18.7 Å². The van der Waals surface area contributed by atoms with Gasteiger partial charge in [-0.15, -0.1) is 0 Å². The van der Waals surface area contributed by atoms with Gasteiger partial charge in [-0.2, -0.15) is 0 Å². The second-order valence-electron chi connectivity index (χ2n) is 4.03. The molecule has 0 aromatic heterocycles. The molecule has 2 nitrogen and oxygen atoms in total. The molecule has 1 heterocycles. The summed E-state index contributed by atoms with van der Waals surface area (Å²) in [4.78, 5) is 13.3. The maximum atomic E-state index is 10.9. The average Bonchev–Trinajstić information content (AvgIpc) is 2.29. The molecule has 1 saturated heterocycles. The van der Waals surface area contributed by atoms with Crippen LogP contribution in [0.3, 0.4) is 0 Å². The Labute approximate surface area is 74.9 Å². The van der Waals surface area contributed by atoms with Crippen molar-refractivity contribution in [2.24, 2.45) is 5.92 Å². The summed E-state index contributed by atoms with van der Waals surface area (Å²) in [5.41, 5.74) is 0. The van der Waals surface area contributed by atoms with Crippen molar-refractivity contribution in [3.05, 3.63) is 0 Å². The SMILES string of the molecule is CCC1CC(C)CN1CC(C)=O. The third-order valence-electron chi connectivity index (χ3n) is 2.63. The minimum atomic E-state index is 0.294. The summed E-state index contributed by atoms with van der Waals surface area (Å²) in [6.45, 7) is 7.91. The number of rotatable bonds is 3. The van der Waals surface area contributed by atoms with Crippen molar-refractivity contribution in [3.63, 3.8) is 0 Å². The zero-order valence-corrected chi connectivity index (χ0v) is 8.34. The molecule has 0 aliphatic carbocycles. The Balaban J connectivity index is 2.46. The first-order chi connectivity index (χ1) is 5.63.